The fourth-order valence-corrected chi connectivity index (χ4v) is 2.03. The Bertz CT molecular complexity index is 419. The summed E-state index contributed by atoms with van der Waals surface area (Å²) < 4.78 is 3.09. The van der Waals surface area contributed by atoms with E-state index in [4.69, 9.17) is 0 Å². The van der Waals surface area contributed by atoms with Gasteiger partial charge in [-0.25, -0.2) is 4.98 Å². The number of aromatic nitrogens is 1. The molecule has 4 heteroatoms. The van der Waals surface area contributed by atoms with Gasteiger partial charge in [0.25, 0.3) is 0 Å². The number of hydrogen-bond donors (Lipinski definition) is 1. The predicted molar refractivity (Wildman–Crippen MR) is 67.0 cm³/mol. The molecule has 1 N–H and O–H groups in total. The third-order valence-electron chi connectivity index (χ3n) is 1.74. The van der Waals surface area contributed by atoms with Crippen molar-refractivity contribution >= 4 is 47.0 Å². The molecule has 66 valence electrons. The van der Waals surface area contributed by atoms with E-state index in [-0.39, 0.29) is 0 Å². The standard InChI is InChI=1S/C9H7IN2S/c10-13-12-9-6-5-7-3-1-2-4-8(7)11-9/h1-6H,(H,11,12). The van der Waals surface area contributed by atoms with Crippen molar-refractivity contribution < 1.29 is 0 Å². The van der Waals surface area contributed by atoms with Crippen molar-refractivity contribution in [2.75, 3.05) is 4.72 Å². The lowest BCUT2D eigenvalue weighted by molar-refractivity contribution is 1.42. The van der Waals surface area contributed by atoms with Crippen LogP contribution in [0, 0.1) is 0 Å². The topological polar surface area (TPSA) is 24.9 Å². The van der Waals surface area contributed by atoms with Crippen molar-refractivity contribution in [3.8, 4) is 0 Å². The van der Waals surface area contributed by atoms with Crippen molar-refractivity contribution in [2.45, 2.75) is 0 Å². The molecule has 0 saturated carbocycles. The average Bonchev–Trinajstić information content (AvgIpc) is 2.18. The largest absolute Gasteiger partial charge is 0.306 e. The zero-order valence-corrected chi connectivity index (χ0v) is 9.67. The van der Waals surface area contributed by atoms with Crippen LogP contribution in [0.1, 0.15) is 0 Å². The van der Waals surface area contributed by atoms with Crippen LogP contribution in [-0.2, 0) is 0 Å². The van der Waals surface area contributed by atoms with E-state index in [1.54, 1.807) is 0 Å². The van der Waals surface area contributed by atoms with Gasteiger partial charge in [-0.3, -0.25) is 0 Å². The van der Waals surface area contributed by atoms with Gasteiger partial charge in [-0.15, -0.1) is 0 Å². The smallest absolute Gasteiger partial charge is 0.137 e. The molecule has 0 aliphatic heterocycles. The monoisotopic (exact) mass is 302 g/mol. The molecule has 1 aromatic heterocycles. The fraction of sp³-hybridized carbons (Fsp3) is 0. The number of benzene rings is 1. The fourth-order valence-electron chi connectivity index (χ4n) is 1.16. The molecule has 0 fully saturated rings. The summed E-state index contributed by atoms with van der Waals surface area (Å²) in [5.41, 5.74) is 1.03. The summed E-state index contributed by atoms with van der Waals surface area (Å²) >= 11 is 2.18. The molecule has 13 heavy (non-hydrogen) atoms. The van der Waals surface area contributed by atoms with Gasteiger partial charge in [0.05, 0.1) is 5.52 Å². The van der Waals surface area contributed by atoms with Crippen molar-refractivity contribution in [3.05, 3.63) is 36.4 Å². The normalized spacial score (nSPS) is 10.2. The lowest BCUT2D eigenvalue weighted by Crippen LogP contribution is -1.87. The van der Waals surface area contributed by atoms with Crippen LogP contribution in [0.3, 0.4) is 0 Å². The molecule has 0 bridgehead atoms. The molecule has 2 aromatic rings. The zero-order valence-electron chi connectivity index (χ0n) is 6.70. The first-order valence-corrected chi connectivity index (χ1v) is 7.15. The Balaban J connectivity index is 2.49. The van der Waals surface area contributed by atoms with Gasteiger partial charge in [0, 0.05) is 35.7 Å². The van der Waals surface area contributed by atoms with Crippen LogP contribution in [0.5, 0.6) is 0 Å². The molecule has 0 unspecified atom stereocenters. The first kappa shape index (κ1) is 9.08. The molecule has 2 nitrogen and oxygen atoms in total. The number of pyridine rings is 1. The molecule has 0 radical (unpaired) electrons. The van der Waals surface area contributed by atoms with E-state index in [0.717, 1.165) is 11.3 Å². The van der Waals surface area contributed by atoms with Gasteiger partial charge in [0.2, 0.25) is 0 Å². The molecule has 0 aliphatic rings. The SMILES string of the molecule is ISNc1ccc2ccccc2n1. The second kappa shape index (κ2) is 4.15. The number of nitrogens with one attached hydrogen (secondary N) is 1. The van der Waals surface area contributed by atoms with E-state index in [2.05, 4.69) is 43.0 Å². The Labute approximate surface area is 92.9 Å². The maximum Gasteiger partial charge on any atom is 0.137 e. The Morgan fingerprint density at radius 1 is 1.15 bits per heavy atom. The van der Waals surface area contributed by atoms with Crippen LogP contribution in [0.15, 0.2) is 36.4 Å². The summed E-state index contributed by atoms with van der Waals surface area (Å²) in [7, 11) is 1.52. The third kappa shape index (κ3) is 2.05. The lowest BCUT2D eigenvalue weighted by Gasteiger charge is -2.01. The molecule has 0 saturated heterocycles. The highest BCUT2D eigenvalue weighted by atomic mass is 127. The summed E-state index contributed by atoms with van der Waals surface area (Å²) in [5, 5.41) is 1.17. The van der Waals surface area contributed by atoms with Crippen molar-refractivity contribution in [3.63, 3.8) is 0 Å². The molecule has 1 heterocycles. The van der Waals surface area contributed by atoms with Gasteiger partial charge in [-0.05, 0) is 18.2 Å². The summed E-state index contributed by atoms with van der Waals surface area (Å²) in [6.07, 6.45) is 0. The van der Waals surface area contributed by atoms with Crippen LogP contribution in [0.25, 0.3) is 10.9 Å². The summed E-state index contributed by atoms with van der Waals surface area (Å²) in [5.74, 6) is 0.901. The quantitative estimate of drug-likeness (QED) is 0.677. The Morgan fingerprint density at radius 3 is 2.85 bits per heavy atom. The maximum atomic E-state index is 4.43. The van der Waals surface area contributed by atoms with Crippen molar-refractivity contribution in [1.29, 1.82) is 0 Å². The minimum Gasteiger partial charge on any atom is -0.306 e. The minimum atomic E-state index is 0.901. The third-order valence-corrected chi connectivity index (χ3v) is 2.69. The summed E-state index contributed by atoms with van der Waals surface area (Å²) in [6.45, 7) is 0. The molecular formula is C9H7IN2S. The van der Waals surface area contributed by atoms with Crippen LogP contribution in [-0.4, -0.2) is 4.98 Å². The molecule has 1 aromatic carbocycles. The van der Waals surface area contributed by atoms with E-state index in [1.807, 2.05) is 24.3 Å². The van der Waals surface area contributed by atoms with Crippen molar-refractivity contribution in [2.24, 2.45) is 0 Å². The first-order valence-electron chi connectivity index (χ1n) is 3.79. The van der Waals surface area contributed by atoms with Gasteiger partial charge in [-0.2, -0.15) is 0 Å². The van der Waals surface area contributed by atoms with Gasteiger partial charge < -0.3 is 4.72 Å². The second-order valence-electron chi connectivity index (χ2n) is 2.57. The van der Waals surface area contributed by atoms with Crippen LogP contribution in [0.2, 0.25) is 0 Å². The number of rotatable bonds is 2. The van der Waals surface area contributed by atoms with E-state index in [9.17, 15) is 0 Å². The lowest BCUT2D eigenvalue weighted by atomic mass is 10.2. The maximum absolute atomic E-state index is 4.43. The van der Waals surface area contributed by atoms with Gasteiger partial charge in [0.1, 0.15) is 5.82 Å². The number of hydrogen-bond acceptors (Lipinski definition) is 3. The summed E-state index contributed by atoms with van der Waals surface area (Å²) in [6, 6.07) is 12.1. The van der Waals surface area contributed by atoms with Gasteiger partial charge >= 0.3 is 0 Å². The number of nitrogens with zero attached hydrogens (tertiary/aromatic N) is 1. The second-order valence-corrected chi connectivity index (χ2v) is 4.25. The highest BCUT2D eigenvalue weighted by Crippen LogP contribution is 2.19. The van der Waals surface area contributed by atoms with Gasteiger partial charge in [-0.1, -0.05) is 18.2 Å². The Hall–Kier alpha value is -0.490. The number of halogens is 1. The van der Waals surface area contributed by atoms with Crippen LogP contribution < -0.4 is 4.72 Å². The molecule has 0 atom stereocenters. The van der Waals surface area contributed by atoms with E-state index >= 15 is 0 Å². The number of para-hydroxylation sites is 1. The number of anilines is 1. The predicted octanol–water partition coefficient (Wildman–Crippen LogP) is 3.64. The van der Waals surface area contributed by atoms with Crippen LogP contribution >= 0.6 is 30.3 Å². The van der Waals surface area contributed by atoms with E-state index in [0.29, 0.717) is 0 Å². The molecule has 2 rings (SSSR count). The van der Waals surface area contributed by atoms with Gasteiger partial charge in [0.15, 0.2) is 0 Å². The zero-order chi connectivity index (χ0) is 9.10. The molecule has 0 amide bonds. The highest BCUT2D eigenvalue weighted by molar-refractivity contribution is 14.2. The highest BCUT2D eigenvalue weighted by Gasteiger charge is 1.95. The summed E-state index contributed by atoms with van der Waals surface area (Å²) in [4.78, 5) is 4.43. The Kier molecular flexibility index (Phi) is 2.90. The van der Waals surface area contributed by atoms with E-state index < -0.39 is 0 Å². The molecular weight excluding hydrogens is 295 g/mol. The molecule has 0 spiro atoms. The van der Waals surface area contributed by atoms with Crippen LogP contribution in [0.4, 0.5) is 5.82 Å². The van der Waals surface area contributed by atoms with E-state index in [1.165, 1.54) is 14.5 Å². The Morgan fingerprint density at radius 2 is 2.00 bits per heavy atom. The van der Waals surface area contributed by atoms with Crippen molar-refractivity contribution in [1.82, 2.24) is 4.98 Å². The minimum absolute atomic E-state index is 0.901. The number of fused-ring (bicyclic) bond motifs is 1. The average molecular weight is 302 g/mol. The molecule has 0 aliphatic carbocycles. The first-order chi connectivity index (χ1) is 6.40.